The van der Waals surface area contributed by atoms with E-state index in [1.807, 2.05) is 13.0 Å². The average Bonchev–Trinajstić information content (AvgIpc) is 3.01. The van der Waals surface area contributed by atoms with Crippen molar-refractivity contribution in [3.63, 3.8) is 0 Å². The Morgan fingerprint density at radius 3 is 2.44 bits per heavy atom. The molecule has 0 bridgehead atoms. The van der Waals surface area contributed by atoms with E-state index in [4.69, 9.17) is 0 Å². The Hall–Kier alpha value is -2.88. The maximum absolute atomic E-state index is 12.7. The van der Waals surface area contributed by atoms with Gasteiger partial charge in [-0.15, -0.1) is 5.10 Å². The highest BCUT2D eigenvalue weighted by Crippen LogP contribution is 2.31. The van der Waals surface area contributed by atoms with Crippen LogP contribution in [-0.2, 0) is 13.2 Å². The average molecular weight is 393 g/mol. The van der Waals surface area contributed by atoms with E-state index in [-0.39, 0.29) is 5.69 Å². The first kappa shape index (κ1) is 18.9. The molecule has 0 radical (unpaired) electrons. The van der Waals surface area contributed by atoms with E-state index < -0.39 is 17.6 Å². The van der Waals surface area contributed by atoms with Gasteiger partial charge in [0.05, 0.1) is 11.1 Å². The van der Waals surface area contributed by atoms with Crippen LogP contribution in [-0.4, -0.2) is 26.1 Å². The number of alkyl halides is 3. The zero-order chi connectivity index (χ0) is 19.6. The predicted octanol–water partition coefficient (Wildman–Crippen LogP) is 3.94. The molecular weight excluding hydrogens is 379 g/mol. The largest absolute Gasteiger partial charge is 0.416 e. The van der Waals surface area contributed by atoms with Crippen molar-refractivity contribution in [1.82, 2.24) is 20.2 Å². The molecule has 140 valence electrons. The Bertz CT molecular complexity index is 969. The van der Waals surface area contributed by atoms with Crippen LogP contribution in [0, 0.1) is 6.92 Å². The zero-order valence-corrected chi connectivity index (χ0v) is 15.1. The SMILES string of the molecule is Cc1ccc(Sc2nnnn2C)c(C(=O)Nc2ccc(C(F)(F)F)cc2)c1. The van der Waals surface area contributed by atoms with Crippen LogP contribution < -0.4 is 5.32 Å². The molecule has 1 aromatic heterocycles. The lowest BCUT2D eigenvalue weighted by Gasteiger charge is -2.11. The Kier molecular flexibility index (Phi) is 5.17. The third-order valence-electron chi connectivity index (χ3n) is 3.63. The first-order valence-corrected chi connectivity index (χ1v) is 8.55. The van der Waals surface area contributed by atoms with E-state index in [0.29, 0.717) is 15.6 Å². The van der Waals surface area contributed by atoms with Crippen LogP contribution in [0.25, 0.3) is 0 Å². The molecule has 1 N–H and O–H groups in total. The fourth-order valence-electron chi connectivity index (χ4n) is 2.26. The molecule has 1 heterocycles. The van der Waals surface area contributed by atoms with Gasteiger partial charge in [-0.1, -0.05) is 11.6 Å². The van der Waals surface area contributed by atoms with E-state index in [9.17, 15) is 18.0 Å². The van der Waals surface area contributed by atoms with Crippen molar-refractivity contribution in [2.24, 2.45) is 7.05 Å². The molecule has 0 fully saturated rings. The van der Waals surface area contributed by atoms with Gasteiger partial charge in [-0.25, -0.2) is 4.68 Å². The van der Waals surface area contributed by atoms with E-state index in [0.717, 1.165) is 17.7 Å². The summed E-state index contributed by atoms with van der Waals surface area (Å²) in [5.74, 6) is -0.434. The second-order valence-electron chi connectivity index (χ2n) is 5.72. The summed E-state index contributed by atoms with van der Waals surface area (Å²) in [5.41, 5.74) is 0.740. The van der Waals surface area contributed by atoms with Crippen molar-refractivity contribution in [3.05, 3.63) is 59.2 Å². The summed E-state index contributed by atoms with van der Waals surface area (Å²) in [4.78, 5) is 13.3. The third-order valence-corrected chi connectivity index (χ3v) is 4.74. The maximum Gasteiger partial charge on any atom is 0.416 e. The van der Waals surface area contributed by atoms with Gasteiger partial charge >= 0.3 is 6.18 Å². The smallest absolute Gasteiger partial charge is 0.322 e. The molecular formula is C17H14F3N5OS. The summed E-state index contributed by atoms with van der Waals surface area (Å²) in [6, 6.07) is 9.61. The number of anilines is 1. The minimum absolute atomic E-state index is 0.269. The van der Waals surface area contributed by atoms with Crippen LogP contribution in [0.15, 0.2) is 52.5 Å². The zero-order valence-electron chi connectivity index (χ0n) is 14.3. The molecule has 0 aliphatic carbocycles. The van der Waals surface area contributed by atoms with E-state index in [1.54, 1.807) is 19.2 Å². The molecule has 0 saturated carbocycles. The normalized spacial score (nSPS) is 11.4. The van der Waals surface area contributed by atoms with Crippen LogP contribution in [0.5, 0.6) is 0 Å². The summed E-state index contributed by atoms with van der Waals surface area (Å²) in [7, 11) is 1.68. The van der Waals surface area contributed by atoms with Crippen molar-refractivity contribution >= 4 is 23.4 Å². The van der Waals surface area contributed by atoms with E-state index in [1.165, 1.54) is 28.6 Å². The molecule has 3 aromatic rings. The highest BCUT2D eigenvalue weighted by Gasteiger charge is 2.30. The number of aryl methyl sites for hydroxylation is 2. The fourth-order valence-corrected chi connectivity index (χ4v) is 3.10. The second kappa shape index (κ2) is 7.39. The van der Waals surface area contributed by atoms with Crippen molar-refractivity contribution < 1.29 is 18.0 Å². The Morgan fingerprint density at radius 1 is 1.15 bits per heavy atom. The topological polar surface area (TPSA) is 72.7 Å². The lowest BCUT2D eigenvalue weighted by atomic mass is 10.1. The molecule has 2 aromatic carbocycles. The minimum Gasteiger partial charge on any atom is -0.322 e. The lowest BCUT2D eigenvalue weighted by Crippen LogP contribution is -2.14. The first-order chi connectivity index (χ1) is 12.7. The Labute approximate surface area is 156 Å². The van der Waals surface area contributed by atoms with Gasteiger partial charge in [0.25, 0.3) is 5.91 Å². The summed E-state index contributed by atoms with van der Waals surface area (Å²) in [5, 5.41) is 14.3. The number of nitrogens with zero attached hydrogens (tertiary/aromatic N) is 4. The number of carbonyl (C=O) groups is 1. The summed E-state index contributed by atoms with van der Waals surface area (Å²) in [6.07, 6.45) is -4.42. The second-order valence-corrected chi connectivity index (χ2v) is 6.73. The number of hydrogen-bond acceptors (Lipinski definition) is 5. The molecule has 0 unspecified atom stereocenters. The summed E-state index contributed by atoms with van der Waals surface area (Å²) < 4.78 is 39.4. The van der Waals surface area contributed by atoms with Crippen molar-refractivity contribution in [2.45, 2.75) is 23.2 Å². The first-order valence-electron chi connectivity index (χ1n) is 7.73. The van der Waals surface area contributed by atoms with Gasteiger partial charge < -0.3 is 5.32 Å². The molecule has 27 heavy (non-hydrogen) atoms. The van der Waals surface area contributed by atoms with E-state index in [2.05, 4.69) is 20.8 Å². The number of halogens is 3. The van der Waals surface area contributed by atoms with Gasteiger partial charge in [-0.3, -0.25) is 4.79 Å². The minimum atomic E-state index is -4.42. The van der Waals surface area contributed by atoms with Gasteiger partial charge in [-0.2, -0.15) is 13.2 Å². The number of hydrogen-bond donors (Lipinski definition) is 1. The molecule has 1 amide bonds. The molecule has 0 aliphatic rings. The monoisotopic (exact) mass is 393 g/mol. The van der Waals surface area contributed by atoms with Gasteiger partial charge in [-0.05, 0) is 65.5 Å². The van der Waals surface area contributed by atoms with Crippen molar-refractivity contribution in [3.8, 4) is 0 Å². The van der Waals surface area contributed by atoms with Crippen molar-refractivity contribution in [2.75, 3.05) is 5.32 Å². The van der Waals surface area contributed by atoms with Crippen LogP contribution in [0.1, 0.15) is 21.5 Å². The van der Waals surface area contributed by atoms with Crippen LogP contribution >= 0.6 is 11.8 Å². The van der Waals surface area contributed by atoms with Gasteiger partial charge in [0.15, 0.2) is 0 Å². The maximum atomic E-state index is 12.7. The number of rotatable bonds is 4. The van der Waals surface area contributed by atoms with Crippen LogP contribution in [0.3, 0.4) is 0 Å². The fraction of sp³-hybridized carbons (Fsp3) is 0.176. The summed E-state index contributed by atoms with van der Waals surface area (Å²) in [6.45, 7) is 1.84. The molecule has 0 atom stereocenters. The quantitative estimate of drug-likeness (QED) is 0.727. The lowest BCUT2D eigenvalue weighted by molar-refractivity contribution is -0.137. The molecule has 0 saturated heterocycles. The van der Waals surface area contributed by atoms with Gasteiger partial charge in [0.2, 0.25) is 5.16 Å². The molecule has 0 spiro atoms. The van der Waals surface area contributed by atoms with Crippen molar-refractivity contribution in [1.29, 1.82) is 0 Å². The number of tetrazole rings is 1. The number of benzene rings is 2. The number of amides is 1. The molecule has 6 nitrogen and oxygen atoms in total. The van der Waals surface area contributed by atoms with E-state index >= 15 is 0 Å². The number of carbonyl (C=O) groups excluding carboxylic acids is 1. The standard InChI is InChI=1S/C17H14F3N5OS/c1-10-3-8-14(27-16-22-23-24-25(16)2)13(9-10)15(26)21-12-6-4-11(5-7-12)17(18,19)20/h3-9H,1-2H3,(H,21,26). The number of nitrogens with one attached hydrogen (secondary N) is 1. The summed E-state index contributed by atoms with van der Waals surface area (Å²) >= 11 is 1.22. The molecule has 3 rings (SSSR count). The van der Waals surface area contributed by atoms with Gasteiger partial charge in [0, 0.05) is 17.6 Å². The third kappa shape index (κ3) is 4.45. The van der Waals surface area contributed by atoms with Crippen LogP contribution in [0.2, 0.25) is 0 Å². The highest BCUT2D eigenvalue weighted by atomic mass is 32.2. The predicted molar refractivity (Wildman–Crippen MR) is 93.5 cm³/mol. The highest BCUT2D eigenvalue weighted by molar-refractivity contribution is 7.99. The van der Waals surface area contributed by atoms with Crippen LogP contribution in [0.4, 0.5) is 18.9 Å². The molecule has 10 heteroatoms. The Balaban J connectivity index is 1.84. The Morgan fingerprint density at radius 2 is 1.85 bits per heavy atom. The molecule has 0 aliphatic heterocycles. The number of aromatic nitrogens is 4. The van der Waals surface area contributed by atoms with Gasteiger partial charge in [0.1, 0.15) is 0 Å².